The van der Waals surface area contributed by atoms with E-state index in [9.17, 15) is 9.18 Å². The van der Waals surface area contributed by atoms with Gasteiger partial charge < -0.3 is 21.3 Å². The van der Waals surface area contributed by atoms with Crippen molar-refractivity contribution in [2.24, 2.45) is 0 Å². The molecule has 4 N–H and O–H groups in total. The Hall–Kier alpha value is -1.98. The summed E-state index contributed by atoms with van der Waals surface area (Å²) in [6.45, 7) is 0.954. The Morgan fingerprint density at radius 1 is 1.35 bits per heavy atom. The predicted octanol–water partition coefficient (Wildman–Crippen LogP) is 1.09. The number of nitrogens with two attached hydrogens (primary N) is 1. The van der Waals surface area contributed by atoms with E-state index < -0.39 is 0 Å². The molecule has 0 heterocycles. The van der Waals surface area contributed by atoms with Crippen molar-refractivity contribution < 1.29 is 9.18 Å². The molecule has 0 saturated carbocycles. The Morgan fingerprint density at radius 3 is 2.65 bits per heavy atom. The normalized spacial score (nSPS) is 9.82. The van der Waals surface area contributed by atoms with E-state index in [-0.39, 0.29) is 11.8 Å². The summed E-state index contributed by atoms with van der Waals surface area (Å²) in [5, 5.41) is 5.65. The summed E-state index contributed by atoms with van der Waals surface area (Å²) in [5.41, 5.74) is 6.46. The summed E-state index contributed by atoms with van der Waals surface area (Å²) < 4.78 is 13.0. The van der Waals surface area contributed by atoms with Crippen molar-refractivity contribution in [2.75, 3.05) is 38.2 Å². The molecule has 2 amide bonds. The second kappa shape index (κ2) is 5.93. The fourth-order valence-electron chi connectivity index (χ4n) is 1.25. The molecule has 6 heteroatoms. The lowest BCUT2D eigenvalue weighted by molar-refractivity contribution is 0.218. The molecule has 0 saturated heterocycles. The number of urea groups is 1. The monoisotopic (exact) mass is 240 g/mol. The lowest BCUT2D eigenvalue weighted by atomic mass is 10.2. The van der Waals surface area contributed by atoms with E-state index in [1.807, 2.05) is 0 Å². The van der Waals surface area contributed by atoms with E-state index in [0.29, 0.717) is 24.5 Å². The number of nitrogens with zero attached hydrogens (tertiary/aromatic N) is 1. The second-order valence-corrected chi connectivity index (χ2v) is 3.83. The van der Waals surface area contributed by atoms with Gasteiger partial charge in [-0.1, -0.05) is 0 Å². The first-order valence-corrected chi connectivity index (χ1v) is 5.24. The molecule has 0 unspecified atom stereocenters. The van der Waals surface area contributed by atoms with Crippen molar-refractivity contribution in [3.8, 4) is 0 Å². The van der Waals surface area contributed by atoms with Crippen molar-refractivity contribution in [3.05, 3.63) is 24.0 Å². The number of nitrogen functional groups attached to an aromatic ring is 1. The maximum atomic E-state index is 13.0. The maximum Gasteiger partial charge on any atom is 0.316 e. The zero-order valence-electron chi connectivity index (χ0n) is 9.96. The van der Waals surface area contributed by atoms with Crippen LogP contribution in [-0.4, -0.2) is 38.1 Å². The number of benzene rings is 1. The molecule has 0 aliphatic heterocycles. The summed E-state index contributed by atoms with van der Waals surface area (Å²) in [5.74, 6) is -0.384. The van der Waals surface area contributed by atoms with Gasteiger partial charge in [-0.05, 0) is 18.2 Å². The highest BCUT2D eigenvalue weighted by Gasteiger charge is 2.01. The summed E-state index contributed by atoms with van der Waals surface area (Å²) in [4.78, 5) is 12.6. The minimum atomic E-state index is -0.384. The first-order valence-electron chi connectivity index (χ1n) is 5.24. The van der Waals surface area contributed by atoms with Crippen molar-refractivity contribution in [3.63, 3.8) is 0 Å². The Balaban J connectivity index is 2.33. The predicted molar refractivity (Wildman–Crippen MR) is 66.4 cm³/mol. The van der Waals surface area contributed by atoms with Gasteiger partial charge in [0.1, 0.15) is 5.82 Å². The van der Waals surface area contributed by atoms with E-state index in [0.717, 1.165) is 0 Å². The molecule has 0 aliphatic rings. The van der Waals surface area contributed by atoms with Crippen LogP contribution in [0.3, 0.4) is 0 Å². The largest absolute Gasteiger partial charge is 0.399 e. The van der Waals surface area contributed by atoms with E-state index >= 15 is 0 Å². The fraction of sp³-hybridized carbons (Fsp3) is 0.364. The zero-order chi connectivity index (χ0) is 12.8. The number of carbonyl (C=O) groups is 1. The van der Waals surface area contributed by atoms with E-state index in [4.69, 9.17) is 5.73 Å². The molecule has 1 rings (SSSR count). The summed E-state index contributed by atoms with van der Waals surface area (Å²) >= 11 is 0. The van der Waals surface area contributed by atoms with Gasteiger partial charge in [-0.15, -0.1) is 0 Å². The molecule has 0 aliphatic carbocycles. The fourth-order valence-corrected chi connectivity index (χ4v) is 1.25. The van der Waals surface area contributed by atoms with Gasteiger partial charge in [-0.25, -0.2) is 9.18 Å². The van der Waals surface area contributed by atoms with Gasteiger partial charge in [0.05, 0.1) is 0 Å². The van der Waals surface area contributed by atoms with Crippen LogP contribution >= 0.6 is 0 Å². The third-order valence-corrected chi connectivity index (χ3v) is 2.06. The topological polar surface area (TPSA) is 70.4 Å². The third-order valence-electron chi connectivity index (χ3n) is 2.06. The van der Waals surface area contributed by atoms with Crippen LogP contribution in [0.15, 0.2) is 18.2 Å². The highest BCUT2D eigenvalue weighted by molar-refractivity contribution is 5.73. The second-order valence-electron chi connectivity index (χ2n) is 3.83. The average Bonchev–Trinajstić information content (AvgIpc) is 2.22. The summed E-state index contributed by atoms with van der Waals surface area (Å²) in [7, 11) is 3.33. The SMILES string of the molecule is CN(C)C(=O)NCCNc1cc(N)cc(F)c1. The molecule has 0 radical (unpaired) electrons. The van der Waals surface area contributed by atoms with Gasteiger partial charge in [0.25, 0.3) is 0 Å². The van der Waals surface area contributed by atoms with E-state index in [2.05, 4.69) is 10.6 Å². The van der Waals surface area contributed by atoms with Crippen molar-refractivity contribution >= 4 is 17.4 Å². The number of rotatable bonds is 4. The molecule has 5 nitrogen and oxygen atoms in total. The van der Waals surface area contributed by atoms with Gasteiger partial charge in [0, 0.05) is 38.6 Å². The number of nitrogens with one attached hydrogen (secondary N) is 2. The maximum absolute atomic E-state index is 13.0. The molecule has 1 aromatic carbocycles. The quantitative estimate of drug-likeness (QED) is 0.545. The van der Waals surface area contributed by atoms with Gasteiger partial charge in [0.15, 0.2) is 0 Å². The standard InChI is InChI=1S/C11H17FN4O/c1-16(2)11(17)15-4-3-14-10-6-8(12)5-9(13)7-10/h5-7,14H,3-4,13H2,1-2H3,(H,15,17). The number of halogens is 1. The van der Waals surface area contributed by atoms with Crippen molar-refractivity contribution in [2.45, 2.75) is 0 Å². The van der Waals surface area contributed by atoms with E-state index in [1.54, 1.807) is 20.2 Å². The first-order chi connectivity index (χ1) is 7.99. The van der Waals surface area contributed by atoms with E-state index in [1.165, 1.54) is 17.0 Å². The van der Waals surface area contributed by atoms with Crippen molar-refractivity contribution in [1.29, 1.82) is 0 Å². The van der Waals surface area contributed by atoms with Gasteiger partial charge >= 0.3 is 6.03 Å². The minimum absolute atomic E-state index is 0.162. The molecule has 0 atom stereocenters. The molecule has 0 bridgehead atoms. The number of hydrogen-bond acceptors (Lipinski definition) is 3. The lowest BCUT2D eigenvalue weighted by Crippen LogP contribution is -2.37. The van der Waals surface area contributed by atoms with Gasteiger partial charge in [-0.2, -0.15) is 0 Å². The molecule has 17 heavy (non-hydrogen) atoms. The highest BCUT2D eigenvalue weighted by atomic mass is 19.1. The number of anilines is 2. The lowest BCUT2D eigenvalue weighted by Gasteiger charge is -2.12. The first kappa shape index (κ1) is 13.1. The molecule has 94 valence electrons. The van der Waals surface area contributed by atoms with Crippen LogP contribution in [-0.2, 0) is 0 Å². The van der Waals surface area contributed by atoms with Crippen LogP contribution in [0.2, 0.25) is 0 Å². The number of carbonyl (C=O) groups excluding carboxylic acids is 1. The van der Waals surface area contributed by atoms with Crippen LogP contribution in [0.5, 0.6) is 0 Å². The summed E-state index contributed by atoms with van der Waals surface area (Å²) in [6, 6.07) is 4.07. The Labute approximate surface area is 99.8 Å². The third kappa shape index (κ3) is 4.58. The zero-order valence-corrected chi connectivity index (χ0v) is 9.96. The molecule has 0 spiro atoms. The molecule has 0 aromatic heterocycles. The van der Waals surface area contributed by atoms with Crippen molar-refractivity contribution in [1.82, 2.24) is 10.2 Å². The highest BCUT2D eigenvalue weighted by Crippen LogP contribution is 2.14. The Bertz CT molecular complexity index is 375. The van der Waals surface area contributed by atoms with Crippen LogP contribution in [0.4, 0.5) is 20.6 Å². The van der Waals surface area contributed by atoms with Crippen LogP contribution < -0.4 is 16.4 Å². The number of hydrogen-bond donors (Lipinski definition) is 3. The molecule has 0 fully saturated rings. The van der Waals surface area contributed by atoms with Crippen LogP contribution in [0.25, 0.3) is 0 Å². The smallest absolute Gasteiger partial charge is 0.316 e. The molecular formula is C11H17FN4O. The summed E-state index contributed by atoms with van der Waals surface area (Å²) in [6.07, 6.45) is 0. The van der Waals surface area contributed by atoms with Gasteiger partial charge in [-0.3, -0.25) is 0 Å². The average molecular weight is 240 g/mol. The number of amides is 2. The van der Waals surface area contributed by atoms with Crippen LogP contribution in [0.1, 0.15) is 0 Å². The van der Waals surface area contributed by atoms with Crippen LogP contribution in [0, 0.1) is 5.82 Å². The molecular weight excluding hydrogens is 223 g/mol. The Kier molecular flexibility index (Phi) is 4.56. The Morgan fingerprint density at radius 2 is 2.06 bits per heavy atom. The molecule has 1 aromatic rings. The minimum Gasteiger partial charge on any atom is -0.399 e. The van der Waals surface area contributed by atoms with Gasteiger partial charge in [0.2, 0.25) is 0 Å².